The van der Waals surface area contributed by atoms with E-state index in [0.29, 0.717) is 12.5 Å². The van der Waals surface area contributed by atoms with E-state index in [1.807, 2.05) is 36.8 Å². The molecule has 4 rings (SSSR count). The highest BCUT2D eigenvalue weighted by Crippen LogP contribution is 2.42. The van der Waals surface area contributed by atoms with Gasteiger partial charge in [-0.15, -0.1) is 0 Å². The van der Waals surface area contributed by atoms with Gasteiger partial charge in [-0.25, -0.2) is 0 Å². The molecule has 5 nitrogen and oxygen atoms in total. The van der Waals surface area contributed by atoms with E-state index in [4.69, 9.17) is 9.47 Å². The van der Waals surface area contributed by atoms with E-state index in [1.54, 1.807) is 0 Å². The van der Waals surface area contributed by atoms with Crippen molar-refractivity contribution in [3.63, 3.8) is 0 Å². The molecule has 2 aliphatic rings. The predicted molar refractivity (Wildman–Crippen MR) is 104 cm³/mol. The zero-order valence-electron chi connectivity index (χ0n) is 15.9. The van der Waals surface area contributed by atoms with E-state index in [9.17, 15) is 0 Å². The largest absolute Gasteiger partial charge is 0.377 e. The molecule has 1 spiro atoms. The summed E-state index contributed by atoms with van der Waals surface area (Å²) < 4.78 is 12.2. The van der Waals surface area contributed by atoms with Gasteiger partial charge in [-0.1, -0.05) is 6.07 Å². The Morgan fingerprint density at radius 3 is 2.74 bits per heavy atom. The van der Waals surface area contributed by atoms with Crippen LogP contribution in [-0.4, -0.2) is 46.8 Å². The maximum atomic E-state index is 6.30. The number of hydrogen-bond donors (Lipinski definition) is 0. The van der Waals surface area contributed by atoms with E-state index in [1.165, 1.54) is 12.0 Å². The van der Waals surface area contributed by atoms with Gasteiger partial charge in [0, 0.05) is 51.4 Å². The van der Waals surface area contributed by atoms with Crippen LogP contribution in [0.25, 0.3) is 0 Å². The molecule has 2 aromatic heterocycles. The fraction of sp³-hybridized carbons (Fsp3) is 0.545. The Labute approximate surface area is 161 Å². The van der Waals surface area contributed by atoms with Gasteiger partial charge in [-0.2, -0.15) is 0 Å². The summed E-state index contributed by atoms with van der Waals surface area (Å²) in [4.78, 5) is 11.0. The number of rotatable bonds is 7. The van der Waals surface area contributed by atoms with E-state index in [2.05, 4.69) is 27.0 Å². The molecule has 0 amide bonds. The van der Waals surface area contributed by atoms with Crippen LogP contribution in [0, 0.1) is 5.92 Å². The number of ether oxygens (including phenoxy) is 2. The number of nitrogens with zero attached hydrogens (tertiary/aromatic N) is 3. The van der Waals surface area contributed by atoms with Crippen molar-refractivity contribution >= 4 is 0 Å². The van der Waals surface area contributed by atoms with Gasteiger partial charge in [-0.3, -0.25) is 14.9 Å². The molecule has 2 aromatic rings. The van der Waals surface area contributed by atoms with E-state index < -0.39 is 0 Å². The van der Waals surface area contributed by atoms with Crippen LogP contribution in [0.1, 0.15) is 36.9 Å². The van der Waals surface area contributed by atoms with Gasteiger partial charge in [-0.05, 0) is 61.4 Å². The van der Waals surface area contributed by atoms with Gasteiger partial charge in [0.25, 0.3) is 0 Å². The topological polar surface area (TPSA) is 47.5 Å². The lowest BCUT2D eigenvalue weighted by atomic mass is 9.78. The van der Waals surface area contributed by atoms with Crippen molar-refractivity contribution in [2.45, 2.75) is 44.4 Å². The van der Waals surface area contributed by atoms with Crippen molar-refractivity contribution in [2.24, 2.45) is 5.92 Å². The smallest absolute Gasteiger partial charge is 0.0736 e. The molecule has 0 aromatic carbocycles. The molecule has 0 radical (unpaired) electrons. The van der Waals surface area contributed by atoms with Crippen molar-refractivity contribution < 1.29 is 9.47 Å². The van der Waals surface area contributed by atoms with Gasteiger partial charge < -0.3 is 9.47 Å². The quantitative estimate of drug-likeness (QED) is 0.702. The molecular weight excluding hydrogens is 338 g/mol. The first-order valence-corrected chi connectivity index (χ1v) is 10.1. The van der Waals surface area contributed by atoms with Crippen molar-refractivity contribution in [1.82, 2.24) is 14.9 Å². The summed E-state index contributed by atoms with van der Waals surface area (Å²) in [6.45, 7) is 5.48. The SMILES string of the molecule is c1ccc(CN2CCC3(CC2)OCC[C@H]3CCOCc2ccncc2)nc1. The maximum absolute atomic E-state index is 6.30. The monoisotopic (exact) mass is 367 g/mol. The summed E-state index contributed by atoms with van der Waals surface area (Å²) in [5.41, 5.74) is 2.41. The Morgan fingerprint density at radius 1 is 1.11 bits per heavy atom. The van der Waals surface area contributed by atoms with Crippen molar-refractivity contribution in [2.75, 3.05) is 26.3 Å². The molecule has 0 N–H and O–H groups in total. The highest BCUT2D eigenvalue weighted by atomic mass is 16.5. The fourth-order valence-corrected chi connectivity index (χ4v) is 4.45. The average Bonchev–Trinajstić information content (AvgIpc) is 3.11. The Bertz CT molecular complexity index is 687. The first-order valence-electron chi connectivity index (χ1n) is 10.1. The molecular formula is C22H29N3O2. The molecule has 144 valence electrons. The van der Waals surface area contributed by atoms with Crippen molar-refractivity contribution in [3.8, 4) is 0 Å². The first-order chi connectivity index (χ1) is 13.3. The minimum Gasteiger partial charge on any atom is -0.377 e. The molecule has 0 bridgehead atoms. The van der Waals surface area contributed by atoms with Crippen LogP contribution in [0.4, 0.5) is 0 Å². The second-order valence-corrected chi connectivity index (χ2v) is 7.69. The van der Waals surface area contributed by atoms with Crippen LogP contribution in [0.15, 0.2) is 48.9 Å². The lowest BCUT2D eigenvalue weighted by Gasteiger charge is -2.42. The van der Waals surface area contributed by atoms with Crippen LogP contribution in [-0.2, 0) is 22.6 Å². The van der Waals surface area contributed by atoms with Crippen LogP contribution in [0.2, 0.25) is 0 Å². The highest BCUT2D eigenvalue weighted by molar-refractivity contribution is 5.08. The highest BCUT2D eigenvalue weighted by Gasteiger charge is 2.45. The predicted octanol–water partition coefficient (Wildman–Crippen LogP) is 3.45. The van der Waals surface area contributed by atoms with E-state index in [-0.39, 0.29) is 5.60 Å². The Balaban J connectivity index is 1.23. The van der Waals surface area contributed by atoms with E-state index in [0.717, 1.165) is 57.8 Å². The average molecular weight is 367 g/mol. The molecule has 2 fully saturated rings. The number of aromatic nitrogens is 2. The normalized spacial score (nSPS) is 22.3. The third-order valence-electron chi connectivity index (χ3n) is 6.04. The number of hydrogen-bond acceptors (Lipinski definition) is 5. The molecule has 2 saturated heterocycles. The number of pyridine rings is 2. The first kappa shape index (κ1) is 18.5. The fourth-order valence-electron chi connectivity index (χ4n) is 4.45. The summed E-state index contributed by atoms with van der Waals surface area (Å²) in [5, 5.41) is 0. The van der Waals surface area contributed by atoms with Crippen LogP contribution in [0.3, 0.4) is 0 Å². The third-order valence-corrected chi connectivity index (χ3v) is 6.04. The van der Waals surface area contributed by atoms with Gasteiger partial charge in [0.05, 0.1) is 17.9 Å². The Hall–Kier alpha value is -1.82. The standard InChI is InChI=1S/C22H29N3O2/c1-2-10-24-21(3-1)17-25-13-8-22(9-14-25)20(7-16-27-22)6-15-26-18-19-4-11-23-12-5-19/h1-5,10-12,20H,6-9,13-18H2/t20-/m1/s1. The zero-order valence-corrected chi connectivity index (χ0v) is 15.9. The lowest BCUT2D eigenvalue weighted by Crippen LogP contribution is -2.47. The zero-order chi connectivity index (χ0) is 18.4. The molecule has 0 saturated carbocycles. The van der Waals surface area contributed by atoms with Gasteiger partial charge in [0.2, 0.25) is 0 Å². The summed E-state index contributed by atoms with van der Waals surface area (Å²) in [6, 6.07) is 10.2. The summed E-state index contributed by atoms with van der Waals surface area (Å²) in [6.07, 6.45) is 10.0. The van der Waals surface area contributed by atoms with Crippen molar-refractivity contribution in [3.05, 3.63) is 60.2 Å². The van der Waals surface area contributed by atoms with Crippen molar-refractivity contribution in [1.29, 1.82) is 0 Å². The van der Waals surface area contributed by atoms with E-state index >= 15 is 0 Å². The maximum Gasteiger partial charge on any atom is 0.0736 e. The van der Waals surface area contributed by atoms with Crippen LogP contribution < -0.4 is 0 Å². The summed E-state index contributed by atoms with van der Waals surface area (Å²) in [5.74, 6) is 0.618. The summed E-state index contributed by atoms with van der Waals surface area (Å²) >= 11 is 0. The van der Waals surface area contributed by atoms with Gasteiger partial charge in [0.1, 0.15) is 0 Å². The Morgan fingerprint density at radius 2 is 1.96 bits per heavy atom. The second kappa shape index (κ2) is 8.91. The number of piperidine rings is 1. The molecule has 1 atom stereocenters. The second-order valence-electron chi connectivity index (χ2n) is 7.69. The van der Waals surface area contributed by atoms with Crippen LogP contribution >= 0.6 is 0 Å². The lowest BCUT2D eigenvalue weighted by molar-refractivity contribution is -0.0735. The third kappa shape index (κ3) is 4.72. The minimum absolute atomic E-state index is 0.0701. The molecule has 0 unspecified atom stereocenters. The Kier molecular flexibility index (Phi) is 6.12. The molecule has 4 heterocycles. The van der Waals surface area contributed by atoms with Gasteiger partial charge >= 0.3 is 0 Å². The molecule has 27 heavy (non-hydrogen) atoms. The minimum atomic E-state index is 0.0701. The molecule has 0 aliphatic carbocycles. The van der Waals surface area contributed by atoms with Gasteiger partial charge in [0.15, 0.2) is 0 Å². The molecule has 5 heteroatoms. The number of likely N-dealkylation sites (tertiary alicyclic amines) is 1. The van der Waals surface area contributed by atoms with Crippen LogP contribution in [0.5, 0.6) is 0 Å². The molecule has 2 aliphatic heterocycles. The summed E-state index contributed by atoms with van der Waals surface area (Å²) in [7, 11) is 0.